The summed E-state index contributed by atoms with van der Waals surface area (Å²) in [7, 11) is -1.66. The van der Waals surface area contributed by atoms with Crippen LogP contribution in [0.3, 0.4) is 0 Å². The van der Waals surface area contributed by atoms with E-state index in [1.54, 1.807) is 12.1 Å². The van der Waals surface area contributed by atoms with E-state index in [0.717, 1.165) is 6.42 Å². The number of benzene rings is 1. The zero-order valence-electron chi connectivity index (χ0n) is 8.33. The summed E-state index contributed by atoms with van der Waals surface area (Å²) in [5.41, 5.74) is 0.509. The van der Waals surface area contributed by atoms with Crippen LogP contribution in [0.15, 0.2) is 23.1 Å². The topological polar surface area (TPSA) is 60.2 Å². The van der Waals surface area contributed by atoms with Crippen LogP contribution >= 0.6 is 11.6 Å². The van der Waals surface area contributed by atoms with Crippen LogP contribution in [0.5, 0.6) is 0 Å². The van der Waals surface area contributed by atoms with Crippen molar-refractivity contribution in [2.75, 3.05) is 0 Å². The number of halogens is 1. The van der Waals surface area contributed by atoms with E-state index in [4.69, 9.17) is 16.7 Å². The summed E-state index contributed by atoms with van der Waals surface area (Å²) in [6.45, 7) is 1.93. The van der Waals surface area contributed by atoms with Crippen LogP contribution in [0.1, 0.15) is 30.1 Å². The van der Waals surface area contributed by atoms with Gasteiger partial charge in [0.2, 0.25) is 0 Å². The Morgan fingerprint density at radius 3 is 2.73 bits per heavy atom. The fourth-order valence-corrected chi connectivity index (χ4v) is 2.05. The van der Waals surface area contributed by atoms with Gasteiger partial charge >= 0.3 is 0 Å². The van der Waals surface area contributed by atoms with E-state index in [-0.39, 0.29) is 5.78 Å². The van der Waals surface area contributed by atoms with Crippen LogP contribution in [0, 0.1) is 0 Å². The molecule has 0 amide bonds. The summed E-state index contributed by atoms with van der Waals surface area (Å²) in [5.74, 6) is 0.0147. The fraction of sp³-hybridized carbons (Fsp3) is 0.300. The Kier molecular flexibility index (Phi) is 4.45. The van der Waals surface area contributed by atoms with Crippen molar-refractivity contribution in [3.8, 4) is 0 Å². The van der Waals surface area contributed by atoms with Crippen LogP contribution in [-0.4, -0.2) is 9.99 Å². The minimum atomic E-state index is -1.66. The van der Waals surface area contributed by atoms with Crippen molar-refractivity contribution in [2.24, 2.45) is 5.14 Å². The first-order valence-electron chi connectivity index (χ1n) is 4.55. The minimum Gasteiger partial charge on any atom is -0.294 e. The van der Waals surface area contributed by atoms with Crippen molar-refractivity contribution in [3.05, 3.63) is 28.8 Å². The smallest absolute Gasteiger partial charge is 0.162 e. The largest absolute Gasteiger partial charge is 0.294 e. The third kappa shape index (κ3) is 3.12. The Labute approximate surface area is 96.2 Å². The Bertz CT molecular complexity index is 406. The van der Waals surface area contributed by atoms with Crippen LogP contribution in [0.25, 0.3) is 0 Å². The molecule has 1 rings (SSSR count). The van der Waals surface area contributed by atoms with Crippen LogP contribution in [0.4, 0.5) is 0 Å². The molecule has 0 heterocycles. The zero-order chi connectivity index (χ0) is 11.4. The van der Waals surface area contributed by atoms with E-state index >= 15 is 0 Å². The molecule has 0 radical (unpaired) electrons. The molecule has 0 aromatic heterocycles. The van der Waals surface area contributed by atoms with Gasteiger partial charge in [0, 0.05) is 12.0 Å². The van der Waals surface area contributed by atoms with Crippen LogP contribution < -0.4 is 5.14 Å². The summed E-state index contributed by atoms with van der Waals surface area (Å²) in [6, 6.07) is 4.66. The van der Waals surface area contributed by atoms with Crippen LogP contribution in [-0.2, 0) is 11.0 Å². The van der Waals surface area contributed by atoms with Gasteiger partial charge in [0.1, 0.15) is 11.0 Å². The summed E-state index contributed by atoms with van der Waals surface area (Å²) < 4.78 is 11.1. The van der Waals surface area contributed by atoms with Gasteiger partial charge in [-0.3, -0.25) is 4.79 Å². The lowest BCUT2D eigenvalue weighted by molar-refractivity contribution is 0.0981. The third-order valence-corrected chi connectivity index (χ3v) is 3.16. The number of ketones is 1. The fourth-order valence-electron chi connectivity index (χ4n) is 1.20. The first kappa shape index (κ1) is 12.4. The number of nitrogens with two attached hydrogens (primary N) is 1. The average Bonchev–Trinajstić information content (AvgIpc) is 2.18. The Morgan fingerprint density at radius 1 is 1.53 bits per heavy atom. The Morgan fingerprint density at radius 2 is 2.20 bits per heavy atom. The molecule has 5 heteroatoms. The van der Waals surface area contributed by atoms with E-state index in [2.05, 4.69) is 0 Å². The first-order valence-corrected chi connectivity index (χ1v) is 6.14. The Hall–Kier alpha value is -0.710. The lowest BCUT2D eigenvalue weighted by Gasteiger charge is -2.03. The molecule has 0 aliphatic rings. The second kappa shape index (κ2) is 5.39. The number of carbonyl (C=O) groups is 1. The molecule has 0 aliphatic carbocycles. The number of rotatable bonds is 4. The lowest BCUT2D eigenvalue weighted by Crippen LogP contribution is -2.06. The molecule has 15 heavy (non-hydrogen) atoms. The predicted octanol–water partition coefficient (Wildman–Crippen LogP) is 2.30. The van der Waals surface area contributed by atoms with Gasteiger partial charge in [-0.05, 0) is 24.6 Å². The van der Waals surface area contributed by atoms with E-state index in [1.165, 1.54) is 6.07 Å². The molecule has 0 saturated carbocycles. The summed E-state index contributed by atoms with van der Waals surface area (Å²) in [4.78, 5) is 11.9. The highest BCUT2D eigenvalue weighted by molar-refractivity contribution is 7.82. The normalized spacial score (nSPS) is 12.5. The quantitative estimate of drug-likeness (QED) is 0.828. The molecule has 0 fully saturated rings. The van der Waals surface area contributed by atoms with E-state index < -0.39 is 11.0 Å². The molecular formula is C10H12ClNO2S. The molecule has 0 saturated heterocycles. The van der Waals surface area contributed by atoms with Gasteiger partial charge in [0.05, 0.1) is 9.92 Å². The second-order valence-corrected chi connectivity index (χ2v) is 4.56. The molecule has 0 spiro atoms. The number of hydrogen-bond donors (Lipinski definition) is 1. The highest BCUT2D eigenvalue weighted by Crippen LogP contribution is 2.20. The van der Waals surface area contributed by atoms with Gasteiger partial charge < -0.3 is 0 Å². The van der Waals surface area contributed by atoms with Crippen LogP contribution in [0.2, 0.25) is 5.02 Å². The standard InChI is InChI=1S/C10H12ClNO2S/c1-2-3-9(13)7-4-5-8(11)10(6-7)15(12)14/h4-6H,2-3,12H2,1H3. The van der Waals surface area contributed by atoms with E-state index in [0.29, 0.717) is 21.9 Å². The Balaban J connectivity index is 3.07. The molecule has 2 N–H and O–H groups in total. The highest BCUT2D eigenvalue weighted by atomic mass is 35.5. The lowest BCUT2D eigenvalue weighted by atomic mass is 10.1. The molecule has 0 aliphatic heterocycles. The SMILES string of the molecule is CCCC(=O)c1ccc(Cl)c(S(N)=O)c1. The van der Waals surface area contributed by atoms with E-state index in [9.17, 15) is 9.00 Å². The van der Waals surface area contributed by atoms with E-state index in [1.807, 2.05) is 6.92 Å². The summed E-state index contributed by atoms with van der Waals surface area (Å²) in [6.07, 6.45) is 1.25. The maximum absolute atomic E-state index is 11.5. The van der Waals surface area contributed by atoms with Crippen molar-refractivity contribution >= 4 is 28.4 Å². The molecule has 1 aromatic carbocycles. The maximum Gasteiger partial charge on any atom is 0.162 e. The van der Waals surface area contributed by atoms with Gasteiger partial charge in [-0.25, -0.2) is 9.35 Å². The summed E-state index contributed by atoms with van der Waals surface area (Å²) in [5, 5.41) is 5.56. The minimum absolute atomic E-state index is 0.0147. The molecule has 1 atom stereocenters. The van der Waals surface area contributed by atoms with Gasteiger partial charge in [-0.2, -0.15) is 0 Å². The van der Waals surface area contributed by atoms with Crippen molar-refractivity contribution < 1.29 is 9.00 Å². The molecule has 1 unspecified atom stereocenters. The molecule has 82 valence electrons. The second-order valence-electron chi connectivity index (χ2n) is 3.12. The van der Waals surface area contributed by atoms with Gasteiger partial charge in [-0.1, -0.05) is 18.5 Å². The third-order valence-electron chi connectivity index (χ3n) is 1.95. The van der Waals surface area contributed by atoms with Gasteiger partial charge in [0.25, 0.3) is 0 Å². The van der Waals surface area contributed by atoms with Crippen molar-refractivity contribution in [1.29, 1.82) is 0 Å². The molecule has 3 nitrogen and oxygen atoms in total. The van der Waals surface area contributed by atoms with Gasteiger partial charge in [-0.15, -0.1) is 0 Å². The maximum atomic E-state index is 11.5. The molecule has 0 bridgehead atoms. The van der Waals surface area contributed by atoms with Crippen molar-refractivity contribution in [1.82, 2.24) is 0 Å². The first-order chi connectivity index (χ1) is 7.06. The zero-order valence-corrected chi connectivity index (χ0v) is 9.90. The van der Waals surface area contributed by atoms with Crippen molar-refractivity contribution in [2.45, 2.75) is 24.7 Å². The van der Waals surface area contributed by atoms with Gasteiger partial charge in [0.15, 0.2) is 5.78 Å². The highest BCUT2D eigenvalue weighted by Gasteiger charge is 2.10. The molecule has 1 aromatic rings. The number of Topliss-reactive ketones (excluding diaryl/α,β-unsaturated/α-hetero) is 1. The average molecular weight is 246 g/mol. The van der Waals surface area contributed by atoms with Crippen molar-refractivity contribution in [3.63, 3.8) is 0 Å². The monoisotopic (exact) mass is 245 g/mol. The number of carbonyl (C=O) groups excluding carboxylic acids is 1. The summed E-state index contributed by atoms with van der Waals surface area (Å²) >= 11 is 5.79. The predicted molar refractivity (Wildman–Crippen MR) is 61.3 cm³/mol. The number of hydrogen-bond acceptors (Lipinski definition) is 2. The molecular weight excluding hydrogens is 234 g/mol.